The van der Waals surface area contributed by atoms with Crippen LogP contribution in [0.4, 0.5) is 0 Å². The van der Waals surface area contributed by atoms with Crippen LogP contribution >= 0.6 is 22.2 Å². The Labute approximate surface area is 121 Å². The summed E-state index contributed by atoms with van der Waals surface area (Å²) in [6.07, 6.45) is 0. The molecule has 0 aliphatic rings. The summed E-state index contributed by atoms with van der Waals surface area (Å²) in [6, 6.07) is 0. The second-order valence-corrected chi connectivity index (χ2v) is 21.5. The first-order chi connectivity index (χ1) is 7.47. The highest BCUT2D eigenvalue weighted by molar-refractivity contribution is 7.17. The minimum atomic E-state index is -2.22. The molecular formula is C6H22Cl2O4Si5. The second kappa shape index (κ2) is 7.33. The topological polar surface area (TPSA) is 36.9 Å². The Morgan fingerprint density at radius 3 is 1.82 bits per heavy atom. The second-order valence-electron chi connectivity index (χ2n) is 4.94. The zero-order valence-electron chi connectivity index (χ0n) is 11.3. The quantitative estimate of drug-likeness (QED) is 0.370. The molecule has 11 heteroatoms. The van der Waals surface area contributed by atoms with Crippen LogP contribution in [0.1, 0.15) is 0 Å². The van der Waals surface area contributed by atoms with E-state index < -0.39 is 43.8 Å². The van der Waals surface area contributed by atoms with E-state index in [1.165, 1.54) is 0 Å². The standard InChI is InChI=1S/C6H22Cl2O4Si5/c1-15(2,8)11-17(5,6)12-16(3,4)10-14-9-13-7/h13-14H2,1-6H3. The largest absolute Gasteiger partial charge is 0.433 e. The molecule has 104 valence electrons. The Bertz CT molecular complexity index is 235. The van der Waals surface area contributed by atoms with Gasteiger partial charge in [0.05, 0.1) is 0 Å². The molecule has 0 saturated carbocycles. The van der Waals surface area contributed by atoms with Gasteiger partial charge in [-0.15, -0.1) is 22.2 Å². The molecule has 17 heavy (non-hydrogen) atoms. The van der Waals surface area contributed by atoms with Crippen molar-refractivity contribution < 1.29 is 16.5 Å². The van der Waals surface area contributed by atoms with E-state index in [-0.39, 0.29) is 0 Å². The van der Waals surface area contributed by atoms with Gasteiger partial charge in [0.1, 0.15) is 0 Å². The fourth-order valence-corrected chi connectivity index (χ4v) is 16.9. The van der Waals surface area contributed by atoms with Gasteiger partial charge in [-0.2, -0.15) is 0 Å². The summed E-state index contributed by atoms with van der Waals surface area (Å²) < 4.78 is 22.9. The number of halogens is 2. The molecule has 0 spiro atoms. The monoisotopic (exact) mass is 368 g/mol. The predicted molar refractivity (Wildman–Crippen MR) is 85.6 cm³/mol. The van der Waals surface area contributed by atoms with Gasteiger partial charge in [0.25, 0.3) is 17.6 Å². The molecule has 0 rings (SSSR count). The third-order valence-corrected chi connectivity index (χ3v) is 16.0. The van der Waals surface area contributed by atoms with E-state index in [4.69, 9.17) is 38.6 Å². The van der Waals surface area contributed by atoms with Gasteiger partial charge in [0.15, 0.2) is 0 Å². The van der Waals surface area contributed by atoms with Crippen LogP contribution in [0, 0.1) is 0 Å². The maximum atomic E-state index is 6.19. The van der Waals surface area contributed by atoms with Gasteiger partial charge >= 0.3 is 17.1 Å². The summed E-state index contributed by atoms with van der Waals surface area (Å²) in [4.78, 5) is 0. The summed E-state index contributed by atoms with van der Waals surface area (Å²) in [5.41, 5.74) is 0. The highest BCUT2D eigenvalue weighted by atomic mass is 35.6. The summed E-state index contributed by atoms with van der Waals surface area (Å²) in [5.74, 6) is 0. The van der Waals surface area contributed by atoms with Gasteiger partial charge < -0.3 is 16.5 Å². The van der Waals surface area contributed by atoms with Gasteiger partial charge in [0.2, 0.25) is 9.07 Å². The van der Waals surface area contributed by atoms with Crippen molar-refractivity contribution in [3.8, 4) is 0 Å². The molecule has 0 fully saturated rings. The lowest BCUT2D eigenvalue weighted by Gasteiger charge is -2.35. The molecule has 0 saturated heterocycles. The van der Waals surface area contributed by atoms with E-state index >= 15 is 0 Å². The number of hydrogen-bond donors (Lipinski definition) is 0. The summed E-state index contributed by atoms with van der Waals surface area (Å²) in [7, 11) is -8.36. The van der Waals surface area contributed by atoms with Crippen molar-refractivity contribution in [1.82, 2.24) is 0 Å². The molecule has 0 amide bonds. The van der Waals surface area contributed by atoms with Crippen molar-refractivity contribution in [2.45, 2.75) is 39.3 Å². The van der Waals surface area contributed by atoms with Crippen LogP contribution in [0.5, 0.6) is 0 Å². The summed E-state index contributed by atoms with van der Waals surface area (Å²) in [6.45, 7) is 11.9. The Morgan fingerprint density at radius 2 is 1.41 bits per heavy atom. The third-order valence-electron chi connectivity index (χ3n) is 1.55. The van der Waals surface area contributed by atoms with Crippen LogP contribution in [0.3, 0.4) is 0 Å². The maximum Gasteiger partial charge on any atom is 0.313 e. The van der Waals surface area contributed by atoms with Gasteiger partial charge in [-0.1, -0.05) is 0 Å². The third kappa shape index (κ3) is 11.1. The molecule has 0 bridgehead atoms. The van der Waals surface area contributed by atoms with Gasteiger partial charge in [-0.05, 0) is 39.3 Å². The first kappa shape index (κ1) is 18.5. The van der Waals surface area contributed by atoms with Crippen LogP contribution < -0.4 is 0 Å². The molecule has 4 nitrogen and oxygen atoms in total. The number of hydrogen-bond acceptors (Lipinski definition) is 4. The highest BCUT2D eigenvalue weighted by Gasteiger charge is 2.40. The minimum Gasteiger partial charge on any atom is -0.433 e. The lowest BCUT2D eigenvalue weighted by atomic mass is 11.9. The van der Waals surface area contributed by atoms with Crippen LogP contribution in [-0.2, 0) is 16.5 Å². The van der Waals surface area contributed by atoms with E-state index in [9.17, 15) is 0 Å². The Hall–Kier alpha value is 1.50. The van der Waals surface area contributed by atoms with Gasteiger partial charge in [-0.25, -0.2) is 0 Å². The average molecular weight is 370 g/mol. The van der Waals surface area contributed by atoms with E-state index in [0.717, 1.165) is 0 Å². The van der Waals surface area contributed by atoms with Crippen molar-refractivity contribution >= 4 is 66.0 Å². The van der Waals surface area contributed by atoms with Crippen molar-refractivity contribution in [1.29, 1.82) is 0 Å². The van der Waals surface area contributed by atoms with Gasteiger partial charge in [0, 0.05) is 0 Å². The molecule has 0 aromatic carbocycles. The van der Waals surface area contributed by atoms with Crippen molar-refractivity contribution in [3.63, 3.8) is 0 Å². The molecule has 0 radical (unpaired) electrons. The van der Waals surface area contributed by atoms with Crippen LogP contribution in [-0.4, -0.2) is 43.8 Å². The molecular weight excluding hydrogens is 347 g/mol. The number of rotatable bonds is 8. The summed E-state index contributed by atoms with van der Waals surface area (Å²) in [5, 5.41) is 0. The van der Waals surface area contributed by atoms with E-state index in [0.29, 0.717) is 0 Å². The van der Waals surface area contributed by atoms with E-state index in [1.807, 2.05) is 39.3 Å². The Balaban J connectivity index is 4.27. The van der Waals surface area contributed by atoms with Crippen molar-refractivity contribution in [2.24, 2.45) is 0 Å². The fourth-order valence-electron chi connectivity index (χ4n) is 1.44. The first-order valence-electron chi connectivity index (χ1n) is 5.34. The van der Waals surface area contributed by atoms with Crippen molar-refractivity contribution in [2.75, 3.05) is 0 Å². The Morgan fingerprint density at radius 1 is 0.882 bits per heavy atom. The lowest BCUT2D eigenvalue weighted by Crippen LogP contribution is -2.52. The maximum absolute atomic E-state index is 6.19. The molecule has 0 aromatic heterocycles. The van der Waals surface area contributed by atoms with Gasteiger partial charge in [-0.3, -0.25) is 0 Å². The minimum absolute atomic E-state index is 0.883. The van der Waals surface area contributed by atoms with E-state index in [2.05, 4.69) is 0 Å². The molecule has 0 aliphatic carbocycles. The average Bonchev–Trinajstić information content (AvgIpc) is 1.96. The smallest absolute Gasteiger partial charge is 0.313 e. The zero-order chi connectivity index (χ0) is 13.7. The zero-order valence-corrected chi connectivity index (χ0v) is 18.6. The van der Waals surface area contributed by atoms with Crippen LogP contribution in [0.2, 0.25) is 39.3 Å². The highest BCUT2D eigenvalue weighted by Crippen LogP contribution is 2.22. The summed E-state index contributed by atoms with van der Waals surface area (Å²) >= 11 is 11.8. The molecule has 0 aliphatic heterocycles. The van der Waals surface area contributed by atoms with E-state index in [1.54, 1.807) is 0 Å². The molecule has 0 aromatic rings. The molecule has 0 N–H and O–H groups in total. The first-order valence-corrected chi connectivity index (χ1v) is 18.8. The van der Waals surface area contributed by atoms with Crippen LogP contribution in [0.15, 0.2) is 0 Å². The Kier molecular flexibility index (Phi) is 7.98. The lowest BCUT2D eigenvalue weighted by molar-refractivity contribution is 0.326. The predicted octanol–water partition coefficient (Wildman–Crippen LogP) is 1.63. The van der Waals surface area contributed by atoms with Crippen LogP contribution in [0.25, 0.3) is 0 Å². The SMILES string of the molecule is C[Si](C)(Cl)O[Si](C)(C)O[Si](C)(C)O[SiH2]O[SiH2]Cl. The normalized spacial score (nSPS) is 15.5. The molecule has 0 atom stereocenters. The molecule has 0 heterocycles. The van der Waals surface area contributed by atoms with Crippen molar-refractivity contribution in [3.05, 3.63) is 0 Å². The molecule has 0 unspecified atom stereocenters. The fraction of sp³-hybridized carbons (Fsp3) is 1.00.